The van der Waals surface area contributed by atoms with E-state index >= 15 is 0 Å². The molecule has 0 radical (unpaired) electrons. The van der Waals surface area contributed by atoms with E-state index in [1.807, 2.05) is 6.07 Å². The van der Waals surface area contributed by atoms with Gasteiger partial charge in [0.25, 0.3) is 0 Å². The quantitative estimate of drug-likeness (QED) is 0.808. The minimum Gasteiger partial charge on any atom is -0.497 e. The molecule has 1 nitrogen and oxygen atoms in total. The second kappa shape index (κ2) is 5.38. The molecule has 0 spiro atoms. The van der Waals surface area contributed by atoms with Crippen LogP contribution in [0.4, 0.5) is 0 Å². The minimum absolute atomic E-state index is 0.377. The highest BCUT2D eigenvalue weighted by Crippen LogP contribution is 2.25. The van der Waals surface area contributed by atoms with Gasteiger partial charge in [0.1, 0.15) is 5.75 Å². The molecule has 1 heteroatoms. The van der Waals surface area contributed by atoms with Gasteiger partial charge in [-0.15, -0.1) is 0 Å². The van der Waals surface area contributed by atoms with Crippen molar-refractivity contribution in [3.63, 3.8) is 0 Å². The van der Waals surface area contributed by atoms with Crippen LogP contribution in [0.2, 0.25) is 0 Å². The molecule has 0 saturated carbocycles. The van der Waals surface area contributed by atoms with Crippen molar-refractivity contribution in [3.05, 3.63) is 70.6 Å². The van der Waals surface area contributed by atoms with Crippen LogP contribution >= 0.6 is 0 Å². The van der Waals surface area contributed by atoms with E-state index in [1.165, 1.54) is 21.6 Å². The van der Waals surface area contributed by atoms with Crippen LogP contribution in [0.1, 0.15) is 12.5 Å². The second-order valence-corrected chi connectivity index (χ2v) is 5.10. The number of fused-ring (bicyclic) bond motifs is 1. The van der Waals surface area contributed by atoms with E-state index in [1.54, 1.807) is 7.11 Å². The Kier molecular flexibility index (Phi) is 3.42. The molecule has 0 N–H and O–H groups in total. The zero-order valence-corrected chi connectivity index (χ0v) is 11.8. The topological polar surface area (TPSA) is 9.23 Å². The average molecular weight is 262 g/mol. The average Bonchev–Trinajstić information content (AvgIpc) is 2.65. The smallest absolute Gasteiger partial charge is 0.119 e. The number of hydrogen-bond acceptors (Lipinski definition) is 1. The molecule has 1 aliphatic carbocycles. The number of allylic oxidation sites excluding steroid dienone is 2. The number of methoxy groups -OCH3 is 1. The summed E-state index contributed by atoms with van der Waals surface area (Å²) >= 11 is 0. The minimum atomic E-state index is 0.377. The molecule has 0 fully saturated rings. The normalized spacial score (nSPS) is 17.1. The van der Waals surface area contributed by atoms with Crippen LogP contribution in [-0.4, -0.2) is 7.11 Å². The fourth-order valence-corrected chi connectivity index (χ4v) is 2.66. The van der Waals surface area contributed by atoms with Crippen LogP contribution in [0.5, 0.6) is 5.75 Å². The van der Waals surface area contributed by atoms with Gasteiger partial charge in [-0.1, -0.05) is 61.5 Å². The maximum atomic E-state index is 5.32. The van der Waals surface area contributed by atoms with E-state index < -0.39 is 0 Å². The van der Waals surface area contributed by atoms with Gasteiger partial charge in [0.05, 0.1) is 7.11 Å². The summed E-state index contributed by atoms with van der Waals surface area (Å²) in [6.45, 7) is 2.24. The van der Waals surface area contributed by atoms with Crippen molar-refractivity contribution in [2.24, 2.45) is 5.92 Å². The Morgan fingerprint density at radius 1 is 0.900 bits per heavy atom. The first kappa shape index (κ1) is 12.7. The Morgan fingerprint density at radius 2 is 1.70 bits per heavy atom. The van der Waals surface area contributed by atoms with Crippen molar-refractivity contribution in [2.45, 2.75) is 6.92 Å². The molecule has 0 bridgehead atoms. The van der Waals surface area contributed by atoms with Gasteiger partial charge >= 0.3 is 0 Å². The van der Waals surface area contributed by atoms with E-state index in [2.05, 4.69) is 67.6 Å². The van der Waals surface area contributed by atoms with Gasteiger partial charge in [0, 0.05) is 5.92 Å². The predicted molar refractivity (Wildman–Crippen MR) is 84.8 cm³/mol. The van der Waals surface area contributed by atoms with Crippen LogP contribution < -0.4 is 15.2 Å². The third-order valence-corrected chi connectivity index (χ3v) is 3.76. The molecule has 1 atom stereocenters. The maximum absolute atomic E-state index is 5.32. The highest BCUT2D eigenvalue weighted by Gasteiger charge is 2.09. The van der Waals surface area contributed by atoms with Crippen LogP contribution in [0, 0.1) is 5.92 Å². The summed E-state index contributed by atoms with van der Waals surface area (Å²) in [6, 6.07) is 16.8. The Hall–Kier alpha value is -2.28. The van der Waals surface area contributed by atoms with Crippen molar-refractivity contribution < 1.29 is 4.74 Å². The number of ether oxygens (including phenoxy) is 1. The fraction of sp³-hybridized carbons (Fsp3) is 0.158. The summed E-state index contributed by atoms with van der Waals surface area (Å²) in [7, 11) is 1.71. The standard InChI is InChI=1S/C19H18O/c1-14-12-17-13-18(20-2)10-8-15(17)9-11-19(14)16-6-4-3-5-7-16/h3-14H,1-2H3. The fourth-order valence-electron chi connectivity index (χ4n) is 2.66. The lowest BCUT2D eigenvalue weighted by atomic mass is 9.93. The molecule has 0 aromatic heterocycles. The van der Waals surface area contributed by atoms with Gasteiger partial charge in [-0.05, 0) is 33.7 Å². The first-order valence-electron chi connectivity index (χ1n) is 6.91. The van der Waals surface area contributed by atoms with E-state index in [4.69, 9.17) is 4.74 Å². The Labute approximate surface area is 119 Å². The Balaban J connectivity index is 2.12. The molecule has 1 unspecified atom stereocenters. The molecule has 20 heavy (non-hydrogen) atoms. The summed E-state index contributed by atoms with van der Waals surface area (Å²) in [5, 5.41) is 2.47. The molecular formula is C19H18O. The molecule has 1 aliphatic rings. The van der Waals surface area contributed by atoms with Crippen molar-refractivity contribution in [1.82, 2.24) is 0 Å². The SMILES string of the molecule is COc1ccc2c(c1)=CC(C)C(c1ccccc1)=CC=2. The van der Waals surface area contributed by atoms with Crippen LogP contribution in [-0.2, 0) is 0 Å². The summed E-state index contributed by atoms with van der Waals surface area (Å²) in [4.78, 5) is 0. The lowest BCUT2D eigenvalue weighted by molar-refractivity contribution is 0.414. The summed E-state index contributed by atoms with van der Waals surface area (Å²) in [5.41, 5.74) is 2.63. The molecule has 3 rings (SSSR count). The van der Waals surface area contributed by atoms with Crippen molar-refractivity contribution in [1.29, 1.82) is 0 Å². The number of hydrogen-bond donors (Lipinski definition) is 0. The molecule has 2 aromatic carbocycles. The third kappa shape index (κ3) is 2.39. The Bertz CT molecular complexity index is 754. The maximum Gasteiger partial charge on any atom is 0.119 e. The van der Waals surface area contributed by atoms with E-state index in [0.29, 0.717) is 5.92 Å². The molecular weight excluding hydrogens is 244 g/mol. The molecule has 0 saturated heterocycles. The van der Waals surface area contributed by atoms with Gasteiger partial charge in [-0.2, -0.15) is 0 Å². The highest BCUT2D eigenvalue weighted by atomic mass is 16.5. The van der Waals surface area contributed by atoms with Crippen molar-refractivity contribution >= 4 is 17.7 Å². The molecule has 0 amide bonds. The highest BCUT2D eigenvalue weighted by molar-refractivity contribution is 5.77. The van der Waals surface area contributed by atoms with E-state index in [-0.39, 0.29) is 0 Å². The Morgan fingerprint density at radius 3 is 2.45 bits per heavy atom. The largest absolute Gasteiger partial charge is 0.497 e. The first-order valence-corrected chi connectivity index (χ1v) is 6.91. The van der Waals surface area contributed by atoms with Crippen molar-refractivity contribution in [2.75, 3.05) is 7.11 Å². The number of benzene rings is 2. The zero-order chi connectivity index (χ0) is 13.9. The van der Waals surface area contributed by atoms with E-state index in [0.717, 1.165) is 5.75 Å². The molecule has 0 aliphatic heterocycles. The summed E-state index contributed by atoms with van der Waals surface area (Å²) in [6.07, 6.45) is 6.73. The van der Waals surface area contributed by atoms with Crippen molar-refractivity contribution in [3.8, 4) is 5.75 Å². The number of rotatable bonds is 2. The summed E-state index contributed by atoms with van der Waals surface area (Å²) in [5.74, 6) is 1.28. The predicted octanol–water partition coefficient (Wildman–Crippen LogP) is 2.99. The monoisotopic (exact) mass is 262 g/mol. The third-order valence-electron chi connectivity index (χ3n) is 3.76. The van der Waals surface area contributed by atoms with Gasteiger partial charge in [-0.3, -0.25) is 0 Å². The lowest BCUT2D eigenvalue weighted by Crippen LogP contribution is -2.24. The molecule has 100 valence electrons. The lowest BCUT2D eigenvalue weighted by Gasteiger charge is -2.11. The zero-order valence-electron chi connectivity index (χ0n) is 11.8. The van der Waals surface area contributed by atoms with Gasteiger partial charge in [0.15, 0.2) is 0 Å². The van der Waals surface area contributed by atoms with Gasteiger partial charge in [0.2, 0.25) is 0 Å². The van der Waals surface area contributed by atoms with Crippen LogP contribution in [0.25, 0.3) is 17.7 Å². The van der Waals surface area contributed by atoms with Gasteiger partial charge < -0.3 is 4.74 Å². The molecule has 2 aromatic rings. The second-order valence-electron chi connectivity index (χ2n) is 5.10. The summed E-state index contributed by atoms with van der Waals surface area (Å²) < 4.78 is 5.32. The van der Waals surface area contributed by atoms with Crippen LogP contribution in [0.15, 0.2) is 54.6 Å². The first-order chi connectivity index (χ1) is 9.78. The van der Waals surface area contributed by atoms with Crippen LogP contribution in [0.3, 0.4) is 0 Å². The molecule has 0 heterocycles. The van der Waals surface area contributed by atoms with E-state index in [9.17, 15) is 0 Å². The van der Waals surface area contributed by atoms with Gasteiger partial charge in [-0.25, -0.2) is 0 Å².